The Bertz CT molecular complexity index is 612. The highest BCUT2D eigenvalue weighted by molar-refractivity contribution is 6.30. The number of halogens is 1. The molecule has 6 heteroatoms. The van der Waals surface area contributed by atoms with Crippen molar-refractivity contribution in [2.24, 2.45) is 5.92 Å². The van der Waals surface area contributed by atoms with E-state index in [1.807, 2.05) is 6.92 Å². The molecule has 0 aromatic carbocycles. The number of hydrogen-bond acceptors (Lipinski definition) is 4. The van der Waals surface area contributed by atoms with Crippen LogP contribution in [0.2, 0.25) is 5.15 Å². The predicted molar refractivity (Wildman–Crippen MR) is 77.2 cm³/mol. The van der Waals surface area contributed by atoms with Crippen LogP contribution >= 0.6 is 11.6 Å². The molecule has 2 aromatic heterocycles. The largest absolute Gasteiger partial charge is 0.474 e. The first-order valence-electron chi connectivity index (χ1n) is 7.23. The summed E-state index contributed by atoms with van der Waals surface area (Å²) in [6.45, 7) is 4.14. The van der Waals surface area contributed by atoms with Crippen LogP contribution in [0.4, 0.5) is 0 Å². The summed E-state index contributed by atoms with van der Waals surface area (Å²) in [6.07, 6.45) is 7.70. The van der Waals surface area contributed by atoms with Crippen molar-refractivity contribution in [2.75, 3.05) is 0 Å². The van der Waals surface area contributed by atoms with Crippen molar-refractivity contribution < 1.29 is 4.74 Å². The number of fused-ring (bicyclic) bond motifs is 1. The average molecular weight is 295 g/mol. The normalized spacial score (nSPS) is 23.1. The second-order valence-corrected chi connectivity index (χ2v) is 5.77. The fourth-order valence-electron chi connectivity index (χ4n) is 2.95. The van der Waals surface area contributed by atoms with Crippen LogP contribution < -0.4 is 4.74 Å². The summed E-state index contributed by atoms with van der Waals surface area (Å²) in [5, 5.41) is 4.63. The van der Waals surface area contributed by atoms with Gasteiger partial charge in [0.15, 0.2) is 0 Å². The Hall–Kier alpha value is -1.36. The van der Waals surface area contributed by atoms with Crippen LogP contribution in [-0.4, -0.2) is 25.7 Å². The van der Waals surface area contributed by atoms with Crippen LogP contribution in [0.5, 0.6) is 5.88 Å². The van der Waals surface area contributed by atoms with Crippen molar-refractivity contribution in [1.82, 2.24) is 19.6 Å². The van der Waals surface area contributed by atoms with Crippen LogP contribution in [-0.2, 0) is 0 Å². The molecule has 108 valence electrons. The van der Waals surface area contributed by atoms with Crippen molar-refractivity contribution in [3.8, 4) is 5.88 Å². The lowest BCUT2D eigenvalue weighted by molar-refractivity contribution is 0.0826. The number of rotatable bonds is 3. The van der Waals surface area contributed by atoms with Gasteiger partial charge in [-0.2, -0.15) is 19.6 Å². The Morgan fingerprint density at radius 1 is 1.40 bits per heavy atom. The summed E-state index contributed by atoms with van der Waals surface area (Å²) in [5.74, 6) is 1.77. The highest BCUT2D eigenvalue weighted by Gasteiger charge is 2.27. The van der Waals surface area contributed by atoms with Gasteiger partial charge in [0.05, 0.1) is 0 Å². The molecule has 2 unspecified atom stereocenters. The van der Waals surface area contributed by atoms with E-state index >= 15 is 0 Å². The summed E-state index contributed by atoms with van der Waals surface area (Å²) >= 11 is 6.17. The van der Waals surface area contributed by atoms with Gasteiger partial charge in [-0.05, 0) is 38.5 Å². The van der Waals surface area contributed by atoms with Crippen LogP contribution in [0.15, 0.2) is 6.33 Å². The van der Waals surface area contributed by atoms with E-state index in [-0.39, 0.29) is 6.10 Å². The maximum absolute atomic E-state index is 6.28. The van der Waals surface area contributed by atoms with Gasteiger partial charge in [0.1, 0.15) is 17.6 Å². The second-order valence-electron chi connectivity index (χ2n) is 5.41. The average Bonchev–Trinajstić information content (AvgIpc) is 2.92. The molecule has 0 spiro atoms. The van der Waals surface area contributed by atoms with Crippen LogP contribution in [0.25, 0.3) is 5.78 Å². The van der Waals surface area contributed by atoms with E-state index in [2.05, 4.69) is 22.0 Å². The van der Waals surface area contributed by atoms with Gasteiger partial charge < -0.3 is 4.74 Å². The van der Waals surface area contributed by atoms with E-state index in [1.54, 1.807) is 4.52 Å². The molecule has 3 rings (SSSR count). The molecule has 20 heavy (non-hydrogen) atoms. The van der Waals surface area contributed by atoms with Gasteiger partial charge in [0, 0.05) is 5.56 Å². The van der Waals surface area contributed by atoms with Gasteiger partial charge in [-0.3, -0.25) is 0 Å². The van der Waals surface area contributed by atoms with Gasteiger partial charge in [0.2, 0.25) is 5.88 Å². The third-order valence-electron chi connectivity index (χ3n) is 4.18. The minimum atomic E-state index is 0.235. The maximum Gasteiger partial charge on any atom is 0.256 e. The molecular weight excluding hydrogens is 276 g/mol. The molecule has 0 amide bonds. The Balaban J connectivity index is 1.97. The first kappa shape index (κ1) is 13.6. The second kappa shape index (κ2) is 5.56. The number of hydrogen-bond donors (Lipinski definition) is 0. The molecule has 1 aliphatic carbocycles. The third kappa shape index (κ3) is 2.35. The highest BCUT2D eigenvalue weighted by atomic mass is 35.5. The molecule has 0 N–H and O–H groups in total. The van der Waals surface area contributed by atoms with E-state index in [9.17, 15) is 0 Å². The van der Waals surface area contributed by atoms with E-state index < -0.39 is 0 Å². The smallest absolute Gasteiger partial charge is 0.256 e. The fourth-order valence-corrected chi connectivity index (χ4v) is 3.11. The van der Waals surface area contributed by atoms with Crippen molar-refractivity contribution in [1.29, 1.82) is 0 Å². The highest BCUT2D eigenvalue weighted by Crippen LogP contribution is 2.32. The van der Waals surface area contributed by atoms with E-state index in [1.165, 1.54) is 25.6 Å². The monoisotopic (exact) mass is 294 g/mol. The summed E-state index contributed by atoms with van der Waals surface area (Å²) < 4.78 is 7.92. The summed E-state index contributed by atoms with van der Waals surface area (Å²) in [4.78, 5) is 8.29. The quantitative estimate of drug-likeness (QED) is 0.814. The molecule has 0 radical (unpaired) electrons. The standard InChI is InChI=1S/C14H19ClN4O/c1-3-10-6-4-5-7-11(10)20-13-9(2)12(15)18-14-16-8-17-19(13)14/h8,10-11H,3-7H2,1-2H3. The van der Waals surface area contributed by atoms with Gasteiger partial charge in [-0.1, -0.05) is 24.9 Å². The number of aromatic nitrogens is 4. The van der Waals surface area contributed by atoms with Crippen molar-refractivity contribution in [3.05, 3.63) is 17.0 Å². The van der Waals surface area contributed by atoms with Crippen molar-refractivity contribution in [2.45, 2.75) is 52.1 Å². The van der Waals surface area contributed by atoms with Crippen molar-refractivity contribution in [3.63, 3.8) is 0 Å². The van der Waals surface area contributed by atoms with Crippen LogP contribution in [0.3, 0.4) is 0 Å². The van der Waals surface area contributed by atoms with Gasteiger partial charge in [-0.15, -0.1) is 0 Å². The van der Waals surface area contributed by atoms with E-state index in [0.717, 1.165) is 18.4 Å². The van der Waals surface area contributed by atoms with E-state index in [0.29, 0.717) is 22.7 Å². The van der Waals surface area contributed by atoms with Crippen LogP contribution in [0.1, 0.15) is 44.6 Å². The van der Waals surface area contributed by atoms with Crippen LogP contribution in [0, 0.1) is 12.8 Å². The third-order valence-corrected chi connectivity index (χ3v) is 4.55. The molecule has 2 heterocycles. The summed E-state index contributed by atoms with van der Waals surface area (Å²) in [6, 6.07) is 0. The Labute approximate surface area is 123 Å². The fraction of sp³-hybridized carbons (Fsp3) is 0.643. The molecule has 2 atom stereocenters. The minimum absolute atomic E-state index is 0.235. The zero-order chi connectivity index (χ0) is 14.1. The molecule has 5 nitrogen and oxygen atoms in total. The lowest BCUT2D eigenvalue weighted by atomic mass is 9.85. The van der Waals surface area contributed by atoms with Gasteiger partial charge in [0.25, 0.3) is 5.78 Å². The lowest BCUT2D eigenvalue weighted by Gasteiger charge is -2.31. The Morgan fingerprint density at radius 2 is 2.20 bits per heavy atom. The van der Waals surface area contributed by atoms with Gasteiger partial charge in [-0.25, -0.2) is 0 Å². The molecule has 1 aliphatic rings. The Morgan fingerprint density at radius 3 is 3.00 bits per heavy atom. The zero-order valence-electron chi connectivity index (χ0n) is 11.8. The lowest BCUT2D eigenvalue weighted by Crippen LogP contribution is -2.31. The SMILES string of the molecule is CCC1CCCCC1Oc1c(C)c(Cl)nc2ncnn12. The molecule has 1 saturated carbocycles. The summed E-state index contributed by atoms with van der Waals surface area (Å²) in [7, 11) is 0. The summed E-state index contributed by atoms with van der Waals surface area (Å²) in [5.41, 5.74) is 0.824. The first-order chi connectivity index (χ1) is 9.70. The van der Waals surface area contributed by atoms with Gasteiger partial charge >= 0.3 is 0 Å². The first-order valence-corrected chi connectivity index (χ1v) is 7.61. The number of ether oxygens (including phenoxy) is 1. The van der Waals surface area contributed by atoms with E-state index in [4.69, 9.17) is 16.3 Å². The maximum atomic E-state index is 6.28. The minimum Gasteiger partial charge on any atom is -0.474 e. The van der Waals surface area contributed by atoms with Crippen molar-refractivity contribution >= 4 is 17.4 Å². The zero-order valence-corrected chi connectivity index (χ0v) is 12.6. The molecular formula is C14H19ClN4O. The number of nitrogens with zero attached hydrogens (tertiary/aromatic N) is 4. The molecule has 1 fully saturated rings. The Kier molecular flexibility index (Phi) is 3.78. The molecule has 0 saturated heterocycles. The molecule has 0 bridgehead atoms. The predicted octanol–water partition coefficient (Wildman–Crippen LogP) is 3.43. The topological polar surface area (TPSA) is 52.3 Å². The molecule has 2 aromatic rings. The molecule has 0 aliphatic heterocycles.